The number of likely N-dealkylation sites (N-methyl/N-ethyl adjacent to an activating group) is 1. The zero-order chi connectivity index (χ0) is 19.7. The Bertz CT molecular complexity index is 929. The average Bonchev–Trinajstić information content (AvgIpc) is 3.14. The quantitative estimate of drug-likeness (QED) is 0.741. The van der Waals surface area contributed by atoms with Gasteiger partial charge in [-0.1, -0.05) is 18.2 Å². The van der Waals surface area contributed by atoms with Gasteiger partial charge in [-0.15, -0.1) is 5.10 Å². The van der Waals surface area contributed by atoms with Gasteiger partial charge in [-0.25, -0.2) is 4.68 Å². The first-order valence-electron chi connectivity index (χ1n) is 9.82. The van der Waals surface area contributed by atoms with E-state index in [1.165, 1.54) is 11.3 Å². The largest absolute Gasteiger partial charge is 0.368 e. The first-order valence-corrected chi connectivity index (χ1v) is 9.82. The van der Waals surface area contributed by atoms with E-state index in [2.05, 4.69) is 71.2 Å². The zero-order valence-corrected chi connectivity index (χ0v) is 17.0. The molecule has 3 aromatic rings. The van der Waals surface area contributed by atoms with Gasteiger partial charge < -0.3 is 10.2 Å². The van der Waals surface area contributed by atoms with E-state index in [1.807, 2.05) is 30.3 Å². The lowest BCUT2D eigenvalue weighted by molar-refractivity contribution is 0.170. The number of para-hydroxylation sites is 1. The molecule has 2 aromatic carbocycles. The Morgan fingerprint density at radius 3 is 2.43 bits per heavy atom. The second-order valence-electron chi connectivity index (χ2n) is 7.80. The van der Waals surface area contributed by atoms with E-state index in [4.69, 9.17) is 0 Å². The first-order chi connectivity index (χ1) is 13.5. The van der Waals surface area contributed by atoms with Gasteiger partial charge >= 0.3 is 0 Å². The molecule has 4 rings (SSSR count). The fourth-order valence-corrected chi connectivity index (χ4v) is 3.79. The van der Waals surface area contributed by atoms with Crippen LogP contribution in [0.15, 0.2) is 54.9 Å². The third-order valence-electron chi connectivity index (χ3n) is 5.56. The van der Waals surface area contributed by atoms with Crippen LogP contribution in [0, 0.1) is 6.92 Å². The fourth-order valence-electron chi connectivity index (χ4n) is 3.79. The Morgan fingerprint density at radius 2 is 1.71 bits per heavy atom. The molecule has 0 aliphatic carbocycles. The number of piperazine rings is 1. The third-order valence-corrected chi connectivity index (χ3v) is 5.56. The van der Waals surface area contributed by atoms with Crippen LogP contribution in [0.2, 0.25) is 0 Å². The van der Waals surface area contributed by atoms with Gasteiger partial charge in [-0.3, -0.25) is 4.90 Å². The maximum atomic E-state index is 4.56. The number of benzene rings is 2. The Balaban J connectivity index is 0.00000240. The molecule has 0 saturated carbocycles. The molecule has 0 amide bonds. The lowest BCUT2D eigenvalue weighted by atomic mass is 10.1. The van der Waals surface area contributed by atoms with Gasteiger partial charge in [0.25, 0.3) is 0 Å². The number of aryl methyl sites for hydroxylation is 1. The molecular weight excluding hydrogens is 348 g/mol. The predicted octanol–water partition coefficient (Wildman–Crippen LogP) is 4.09. The number of aromatic nitrogens is 3. The average molecular weight is 379 g/mol. The molecule has 0 unspecified atom stereocenters. The van der Waals surface area contributed by atoms with Crippen LogP contribution in [-0.2, 0) is 0 Å². The van der Waals surface area contributed by atoms with Gasteiger partial charge in [-0.05, 0) is 63.7 Å². The van der Waals surface area contributed by atoms with Crippen LogP contribution in [0.25, 0.3) is 5.69 Å². The van der Waals surface area contributed by atoms with Crippen molar-refractivity contribution in [3.8, 4) is 5.69 Å². The van der Waals surface area contributed by atoms with Gasteiger partial charge in [0, 0.05) is 38.0 Å². The molecule has 0 radical (unpaired) electrons. The van der Waals surface area contributed by atoms with Crippen molar-refractivity contribution in [1.82, 2.24) is 19.7 Å². The molecule has 1 saturated heterocycles. The summed E-state index contributed by atoms with van der Waals surface area (Å²) >= 11 is 0. The Labute approximate surface area is 168 Å². The highest BCUT2D eigenvalue weighted by Crippen LogP contribution is 2.27. The molecule has 2 atom stereocenters. The number of nitrogens with zero attached hydrogens (tertiary/aromatic N) is 5. The van der Waals surface area contributed by atoms with Crippen LogP contribution in [0.4, 0.5) is 17.3 Å². The van der Waals surface area contributed by atoms with Gasteiger partial charge in [0.15, 0.2) is 0 Å². The van der Waals surface area contributed by atoms with Gasteiger partial charge in [0.05, 0.1) is 5.69 Å². The summed E-state index contributed by atoms with van der Waals surface area (Å²) in [4.78, 5) is 9.34. The van der Waals surface area contributed by atoms with Crippen molar-refractivity contribution in [1.29, 1.82) is 0 Å². The number of hydrogen-bond donors (Lipinski definition) is 1. The molecule has 6 nitrogen and oxygen atoms in total. The highest BCUT2D eigenvalue weighted by Gasteiger charge is 2.26. The van der Waals surface area contributed by atoms with Crippen LogP contribution >= 0.6 is 0 Å². The summed E-state index contributed by atoms with van der Waals surface area (Å²) in [6.45, 7) is 8.78. The number of hydrogen-bond acceptors (Lipinski definition) is 5. The molecule has 6 heteroatoms. The summed E-state index contributed by atoms with van der Waals surface area (Å²) < 4.78 is 1.78. The number of rotatable bonds is 4. The lowest BCUT2D eigenvalue weighted by Crippen LogP contribution is -2.55. The fraction of sp³-hybridized carbons (Fsp3) is 0.364. The summed E-state index contributed by atoms with van der Waals surface area (Å²) in [5.41, 5.74) is 4.48. The molecule has 2 heterocycles. The van der Waals surface area contributed by atoms with Crippen LogP contribution in [-0.4, -0.2) is 51.9 Å². The minimum atomic E-state index is 0. The molecule has 28 heavy (non-hydrogen) atoms. The standard InChI is InChI=1S/C22H28N6.H2/c1-16-10-19(12-21(11-16)27-13-17(2)26(4)18(3)14-27)24-22-23-15-28(25-22)20-8-6-5-7-9-20;/h5-12,15,17-18H,13-14H2,1-4H3,(H,24,25);1H/t17-,18+;. The van der Waals surface area contributed by atoms with E-state index in [1.54, 1.807) is 11.0 Å². The van der Waals surface area contributed by atoms with Crippen molar-refractivity contribution in [2.45, 2.75) is 32.9 Å². The maximum absolute atomic E-state index is 4.56. The molecule has 1 aromatic heterocycles. The predicted molar refractivity (Wildman–Crippen MR) is 117 cm³/mol. The normalized spacial score (nSPS) is 20.4. The van der Waals surface area contributed by atoms with E-state index >= 15 is 0 Å². The summed E-state index contributed by atoms with van der Waals surface area (Å²) in [6.07, 6.45) is 1.73. The van der Waals surface area contributed by atoms with Crippen LogP contribution in [0.1, 0.15) is 20.8 Å². The molecule has 0 bridgehead atoms. The second kappa shape index (κ2) is 7.64. The number of anilines is 3. The van der Waals surface area contributed by atoms with Crippen LogP contribution in [0.5, 0.6) is 0 Å². The van der Waals surface area contributed by atoms with Crippen molar-refractivity contribution in [3.05, 3.63) is 60.4 Å². The van der Waals surface area contributed by atoms with E-state index < -0.39 is 0 Å². The van der Waals surface area contributed by atoms with Crippen LogP contribution < -0.4 is 10.2 Å². The van der Waals surface area contributed by atoms with Crippen LogP contribution in [0.3, 0.4) is 0 Å². The van der Waals surface area contributed by atoms with Crippen molar-refractivity contribution >= 4 is 17.3 Å². The van der Waals surface area contributed by atoms with E-state index in [0.29, 0.717) is 18.0 Å². The third kappa shape index (κ3) is 3.87. The Hall–Kier alpha value is -2.86. The highest BCUT2D eigenvalue weighted by atomic mass is 15.4. The summed E-state index contributed by atoms with van der Waals surface area (Å²) in [5, 5.41) is 7.92. The molecular formula is C22H30N6. The molecule has 1 N–H and O–H groups in total. The summed E-state index contributed by atoms with van der Waals surface area (Å²) in [5.74, 6) is 0.598. The molecule has 1 fully saturated rings. The van der Waals surface area contributed by atoms with Crippen molar-refractivity contribution in [2.24, 2.45) is 0 Å². The smallest absolute Gasteiger partial charge is 0.246 e. The lowest BCUT2D eigenvalue weighted by Gasteiger charge is -2.43. The van der Waals surface area contributed by atoms with E-state index in [9.17, 15) is 0 Å². The second-order valence-corrected chi connectivity index (χ2v) is 7.80. The topological polar surface area (TPSA) is 49.2 Å². The van der Waals surface area contributed by atoms with Gasteiger partial charge in [-0.2, -0.15) is 4.98 Å². The molecule has 0 spiro atoms. The van der Waals surface area contributed by atoms with E-state index in [0.717, 1.165) is 24.5 Å². The summed E-state index contributed by atoms with van der Waals surface area (Å²) in [7, 11) is 2.21. The van der Waals surface area contributed by atoms with E-state index in [-0.39, 0.29) is 1.43 Å². The molecule has 1 aliphatic rings. The van der Waals surface area contributed by atoms with Crippen molar-refractivity contribution in [2.75, 3.05) is 30.4 Å². The highest BCUT2D eigenvalue weighted by molar-refractivity contribution is 5.64. The Morgan fingerprint density at radius 1 is 1.00 bits per heavy atom. The number of nitrogens with one attached hydrogen (secondary N) is 1. The monoisotopic (exact) mass is 378 g/mol. The van der Waals surface area contributed by atoms with Gasteiger partial charge in [0.2, 0.25) is 5.95 Å². The minimum absolute atomic E-state index is 0. The maximum Gasteiger partial charge on any atom is 0.246 e. The van der Waals surface area contributed by atoms with Crippen molar-refractivity contribution < 1.29 is 1.43 Å². The SMILES string of the molecule is Cc1cc(Nc2ncn(-c3ccccc3)n2)cc(N2C[C@@H](C)N(C)[C@@H](C)C2)c1.[HH]. The molecule has 1 aliphatic heterocycles. The van der Waals surface area contributed by atoms with Gasteiger partial charge in [0.1, 0.15) is 6.33 Å². The van der Waals surface area contributed by atoms with Crippen molar-refractivity contribution in [3.63, 3.8) is 0 Å². The minimum Gasteiger partial charge on any atom is -0.368 e. The molecule has 148 valence electrons. The zero-order valence-electron chi connectivity index (χ0n) is 17.0. The Kier molecular flexibility index (Phi) is 5.05. The first kappa shape index (κ1) is 18.5. The summed E-state index contributed by atoms with van der Waals surface area (Å²) in [6, 6.07) is 17.7.